The van der Waals surface area contributed by atoms with E-state index in [0.717, 1.165) is 25.4 Å². The summed E-state index contributed by atoms with van der Waals surface area (Å²) >= 11 is 0. The van der Waals surface area contributed by atoms with Crippen LogP contribution in [0.4, 0.5) is 18.9 Å². The summed E-state index contributed by atoms with van der Waals surface area (Å²) in [6.45, 7) is 5.86. The number of hydrogen-bond acceptors (Lipinski definition) is 6. The second-order valence-corrected chi connectivity index (χ2v) is 6.35. The molecule has 1 saturated heterocycles. The number of ether oxygens (including phenoxy) is 2. The normalized spacial score (nSPS) is 15.6. The lowest BCUT2D eigenvalue weighted by atomic mass is 10.0. The molecule has 9 heteroatoms. The Labute approximate surface area is 160 Å². The summed E-state index contributed by atoms with van der Waals surface area (Å²) in [4.78, 5) is 18.4. The van der Waals surface area contributed by atoms with E-state index in [1.807, 2.05) is 0 Å². The first-order valence-electron chi connectivity index (χ1n) is 9.12. The Morgan fingerprint density at radius 1 is 1.32 bits per heavy atom. The summed E-state index contributed by atoms with van der Waals surface area (Å²) < 4.78 is 50.4. The summed E-state index contributed by atoms with van der Waals surface area (Å²) in [5.74, 6) is -0.622. The average Bonchev–Trinajstić information content (AvgIpc) is 2.67. The SMILES string of the molecule is CCOC(=O)c1cnc2c(C(F)(F)F)cccc2c1NCCN1CCOCC1. The van der Waals surface area contributed by atoms with Crippen molar-refractivity contribution in [1.82, 2.24) is 9.88 Å². The molecule has 0 radical (unpaired) electrons. The van der Waals surface area contributed by atoms with Crippen LogP contribution < -0.4 is 5.32 Å². The maximum absolute atomic E-state index is 13.4. The average molecular weight is 397 g/mol. The van der Waals surface area contributed by atoms with Crippen molar-refractivity contribution in [2.75, 3.05) is 51.3 Å². The molecule has 0 unspecified atom stereocenters. The monoisotopic (exact) mass is 397 g/mol. The number of morpholine rings is 1. The fourth-order valence-electron chi connectivity index (χ4n) is 3.17. The van der Waals surface area contributed by atoms with E-state index in [-0.39, 0.29) is 23.1 Å². The van der Waals surface area contributed by atoms with Gasteiger partial charge >= 0.3 is 12.1 Å². The number of anilines is 1. The number of rotatable bonds is 6. The molecular formula is C19H22F3N3O3. The lowest BCUT2D eigenvalue weighted by Gasteiger charge is -2.27. The molecule has 1 aromatic heterocycles. The number of alkyl halides is 3. The molecule has 1 aliphatic rings. The molecule has 0 aliphatic carbocycles. The Morgan fingerprint density at radius 2 is 2.07 bits per heavy atom. The predicted octanol–water partition coefficient (Wildman–Crippen LogP) is 3.17. The van der Waals surface area contributed by atoms with Crippen LogP contribution in [0.3, 0.4) is 0 Å². The van der Waals surface area contributed by atoms with Gasteiger partial charge in [-0.1, -0.05) is 12.1 Å². The summed E-state index contributed by atoms with van der Waals surface area (Å²) in [6, 6.07) is 3.82. The molecule has 0 atom stereocenters. The molecule has 1 N–H and O–H groups in total. The molecule has 0 saturated carbocycles. The minimum atomic E-state index is -4.54. The van der Waals surface area contributed by atoms with Crippen LogP contribution >= 0.6 is 0 Å². The largest absolute Gasteiger partial charge is 0.462 e. The van der Waals surface area contributed by atoms with Crippen molar-refractivity contribution in [3.8, 4) is 0 Å². The first kappa shape index (κ1) is 20.3. The van der Waals surface area contributed by atoms with Crippen molar-refractivity contribution in [2.24, 2.45) is 0 Å². The van der Waals surface area contributed by atoms with Gasteiger partial charge in [0.2, 0.25) is 0 Å². The molecule has 152 valence electrons. The summed E-state index contributed by atoms with van der Waals surface area (Å²) in [5.41, 5.74) is -0.605. The van der Waals surface area contributed by atoms with Crippen LogP contribution in [0.5, 0.6) is 0 Å². The molecule has 28 heavy (non-hydrogen) atoms. The zero-order chi connectivity index (χ0) is 20.1. The van der Waals surface area contributed by atoms with Gasteiger partial charge in [-0.2, -0.15) is 13.2 Å². The number of carbonyl (C=O) groups excluding carboxylic acids is 1. The highest BCUT2D eigenvalue weighted by Gasteiger charge is 2.34. The molecule has 1 aliphatic heterocycles. The highest BCUT2D eigenvalue weighted by molar-refractivity contribution is 6.05. The molecule has 0 spiro atoms. The van der Waals surface area contributed by atoms with E-state index >= 15 is 0 Å². The van der Waals surface area contributed by atoms with Crippen LogP contribution in [0.2, 0.25) is 0 Å². The zero-order valence-electron chi connectivity index (χ0n) is 15.5. The maximum atomic E-state index is 13.4. The third-order valence-corrected chi connectivity index (χ3v) is 4.53. The van der Waals surface area contributed by atoms with Gasteiger partial charge in [0, 0.05) is 37.8 Å². The Hall–Kier alpha value is -2.39. The molecule has 1 fully saturated rings. The fraction of sp³-hybridized carbons (Fsp3) is 0.474. The van der Waals surface area contributed by atoms with Crippen molar-refractivity contribution >= 4 is 22.6 Å². The van der Waals surface area contributed by atoms with E-state index in [2.05, 4.69) is 15.2 Å². The summed E-state index contributed by atoms with van der Waals surface area (Å²) in [6.07, 6.45) is -3.39. The van der Waals surface area contributed by atoms with Crippen LogP contribution in [0, 0.1) is 0 Å². The van der Waals surface area contributed by atoms with Crippen molar-refractivity contribution < 1.29 is 27.4 Å². The Kier molecular flexibility index (Phi) is 6.35. The van der Waals surface area contributed by atoms with Gasteiger partial charge in [0.1, 0.15) is 5.56 Å². The van der Waals surface area contributed by atoms with E-state index < -0.39 is 17.7 Å². The summed E-state index contributed by atoms with van der Waals surface area (Å²) in [7, 11) is 0. The number of nitrogens with one attached hydrogen (secondary N) is 1. The van der Waals surface area contributed by atoms with Gasteiger partial charge in [-0.25, -0.2) is 4.79 Å². The molecule has 0 amide bonds. The van der Waals surface area contributed by atoms with Crippen LogP contribution in [-0.4, -0.2) is 61.9 Å². The smallest absolute Gasteiger partial charge is 0.418 e. The molecule has 0 bridgehead atoms. The molecule has 2 heterocycles. The topological polar surface area (TPSA) is 63.7 Å². The lowest BCUT2D eigenvalue weighted by Crippen LogP contribution is -2.39. The Balaban J connectivity index is 1.95. The number of pyridine rings is 1. The lowest BCUT2D eigenvalue weighted by molar-refractivity contribution is -0.136. The van der Waals surface area contributed by atoms with Crippen LogP contribution in [0.1, 0.15) is 22.8 Å². The molecule has 1 aromatic carbocycles. The standard InChI is InChI=1S/C19H22F3N3O3/c1-2-28-18(26)14-12-24-17-13(4-3-5-15(17)19(20,21)22)16(14)23-6-7-25-8-10-27-11-9-25/h3-5,12H,2,6-11H2,1H3,(H,23,24). The van der Waals surface area contributed by atoms with Crippen molar-refractivity contribution in [2.45, 2.75) is 13.1 Å². The Bertz CT molecular complexity index is 836. The molecule has 3 rings (SSSR count). The number of esters is 1. The second kappa shape index (κ2) is 8.74. The number of fused-ring (bicyclic) bond motifs is 1. The summed E-state index contributed by atoms with van der Waals surface area (Å²) in [5, 5.41) is 3.37. The Morgan fingerprint density at radius 3 is 2.75 bits per heavy atom. The molecule has 6 nitrogen and oxygen atoms in total. The van der Waals surface area contributed by atoms with E-state index in [1.54, 1.807) is 6.92 Å². The van der Waals surface area contributed by atoms with E-state index in [9.17, 15) is 18.0 Å². The number of halogens is 3. The number of hydrogen-bond donors (Lipinski definition) is 1. The maximum Gasteiger partial charge on any atom is 0.418 e. The van der Waals surface area contributed by atoms with Gasteiger partial charge in [0.25, 0.3) is 0 Å². The quantitative estimate of drug-likeness (QED) is 0.756. The van der Waals surface area contributed by atoms with Gasteiger partial charge in [-0.05, 0) is 13.0 Å². The number of aromatic nitrogens is 1. The third-order valence-electron chi connectivity index (χ3n) is 4.53. The van der Waals surface area contributed by atoms with Gasteiger partial charge in [0.05, 0.1) is 36.6 Å². The third kappa shape index (κ3) is 4.53. The zero-order valence-corrected chi connectivity index (χ0v) is 15.5. The predicted molar refractivity (Wildman–Crippen MR) is 98.5 cm³/mol. The van der Waals surface area contributed by atoms with E-state index in [1.165, 1.54) is 12.1 Å². The van der Waals surface area contributed by atoms with Crippen molar-refractivity contribution in [1.29, 1.82) is 0 Å². The number of nitrogens with zero attached hydrogens (tertiary/aromatic N) is 2. The van der Waals surface area contributed by atoms with E-state index in [0.29, 0.717) is 32.0 Å². The highest BCUT2D eigenvalue weighted by Crippen LogP contribution is 2.37. The van der Waals surface area contributed by atoms with Gasteiger partial charge in [0.15, 0.2) is 0 Å². The van der Waals surface area contributed by atoms with Gasteiger partial charge in [-0.15, -0.1) is 0 Å². The van der Waals surface area contributed by atoms with Gasteiger partial charge < -0.3 is 14.8 Å². The van der Waals surface area contributed by atoms with Crippen LogP contribution in [-0.2, 0) is 15.7 Å². The number of para-hydroxylation sites is 1. The van der Waals surface area contributed by atoms with Crippen LogP contribution in [0.15, 0.2) is 24.4 Å². The fourth-order valence-corrected chi connectivity index (χ4v) is 3.17. The van der Waals surface area contributed by atoms with Crippen LogP contribution in [0.25, 0.3) is 10.9 Å². The number of benzene rings is 1. The number of carbonyl (C=O) groups is 1. The highest BCUT2D eigenvalue weighted by atomic mass is 19.4. The first-order valence-corrected chi connectivity index (χ1v) is 9.12. The van der Waals surface area contributed by atoms with Crippen molar-refractivity contribution in [3.63, 3.8) is 0 Å². The van der Waals surface area contributed by atoms with Crippen molar-refractivity contribution in [3.05, 3.63) is 35.5 Å². The van der Waals surface area contributed by atoms with E-state index in [4.69, 9.17) is 9.47 Å². The minimum Gasteiger partial charge on any atom is -0.462 e. The van der Waals surface area contributed by atoms with Gasteiger partial charge in [-0.3, -0.25) is 9.88 Å². The first-order chi connectivity index (χ1) is 13.4. The minimum absolute atomic E-state index is 0.121. The molecule has 2 aromatic rings. The second-order valence-electron chi connectivity index (χ2n) is 6.35. The molecular weight excluding hydrogens is 375 g/mol.